The summed E-state index contributed by atoms with van der Waals surface area (Å²) in [5.74, 6) is 0. The van der Waals surface area contributed by atoms with Crippen molar-refractivity contribution in [2.45, 2.75) is 64.7 Å². The molecule has 0 bridgehead atoms. The van der Waals surface area contributed by atoms with E-state index >= 15 is 0 Å². The third kappa shape index (κ3) is 4.77. The lowest BCUT2D eigenvalue weighted by atomic mass is 9.98. The highest BCUT2D eigenvalue weighted by molar-refractivity contribution is 5.94. The highest BCUT2D eigenvalue weighted by atomic mass is 14.5. The number of fused-ring (bicyclic) bond motifs is 1. The molecule has 0 saturated carbocycles. The first kappa shape index (κ1) is 15.9. The van der Waals surface area contributed by atoms with Gasteiger partial charge in [-0.15, -0.1) is 0 Å². The molecule has 2 rings (SSSR count). The van der Waals surface area contributed by atoms with Crippen LogP contribution in [0.4, 0.5) is 5.69 Å². The summed E-state index contributed by atoms with van der Waals surface area (Å²) in [5, 5.41) is 2.54. The molecule has 2 aromatic rings. The number of nitrogen functional groups attached to an aromatic ring is 1. The number of rotatable bonds is 9. The molecule has 1 nitrogen and oxygen atoms in total. The van der Waals surface area contributed by atoms with E-state index in [1.165, 1.54) is 74.1 Å². The normalized spacial score (nSPS) is 11.1. The zero-order chi connectivity index (χ0) is 14.9. The van der Waals surface area contributed by atoms with Gasteiger partial charge in [0.1, 0.15) is 0 Å². The van der Waals surface area contributed by atoms with Crippen LogP contribution in [0.2, 0.25) is 0 Å². The van der Waals surface area contributed by atoms with Gasteiger partial charge in [0, 0.05) is 11.1 Å². The molecule has 0 fully saturated rings. The molecule has 114 valence electrons. The highest BCUT2D eigenvalue weighted by Gasteiger charge is 2.02. The Morgan fingerprint density at radius 3 is 2.10 bits per heavy atom. The second-order valence-corrected chi connectivity index (χ2v) is 6.08. The quantitative estimate of drug-likeness (QED) is 0.436. The van der Waals surface area contributed by atoms with E-state index in [1.807, 2.05) is 6.07 Å². The second kappa shape index (κ2) is 8.71. The van der Waals surface area contributed by atoms with Crippen LogP contribution in [0.25, 0.3) is 10.8 Å². The Kier molecular flexibility index (Phi) is 6.59. The standard InChI is InChI=1S/C20H29N/c1-2-3-4-5-6-7-8-9-12-17-13-10-15-19-18(17)14-11-16-20(19)21/h10-11,13-16H,2-9,12,21H2,1H3. The van der Waals surface area contributed by atoms with Crippen LogP contribution in [-0.2, 0) is 6.42 Å². The minimum atomic E-state index is 0.894. The largest absolute Gasteiger partial charge is 0.398 e. The van der Waals surface area contributed by atoms with E-state index in [1.54, 1.807) is 0 Å². The molecule has 0 unspecified atom stereocenters. The molecule has 0 heterocycles. The van der Waals surface area contributed by atoms with Gasteiger partial charge in [-0.2, -0.15) is 0 Å². The highest BCUT2D eigenvalue weighted by Crippen LogP contribution is 2.25. The molecule has 0 radical (unpaired) electrons. The van der Waals surface area contributed by atoms with Crippen molar-refractivity contribution >= 4 is 16.5 Å². The molecular weight excluding hydrogens is 254 g/mol. The van der Waals surface area contributed by atoms with Gasteiger partial charge in [0.25, 0.3) is 0 Å². The van der Waals surface area contributed by atoms with Gasteiger partial charge >= 0.3 is 0 Å². The Labute approximate surface area is 129 Å². The summed E-state index contributed by atoms with van der Waals surface area (Å²) in [7, 11) is 0. The third-order valence-corrected chi connectivity index (χ3v) is 4.35. The van der Waals surface area contributed by atoms with E-state index in [9.17, 15) is 0 Å². The number of unbranched alkanes of at least 4 members (excludes halogenated alkanes) is 7. The van der Waals surface area contributed by atoms with Crippen LogP contribution < -0.4 is 5.73 Å². The first-order valence-electron chi connectivity index (χ1n) is 8.59. The van der Waals surface area contributed by atoms with Crippen LogP contribution in [0.3, 0.4) is 0 Å². The molecule has 21 heavy (non-hydrogen) atoms. The SMILES string of the molecule is CCCCCCCCCCc1cccc2c(N)cccc12. The summed E-state index contributed by atoms with van der Waals surface area (Å²) in [6.07, 6.45) is 12.2. The average Bonchev–Trinajstić information content (AvgIpc) is 2.51. The molecule has 0 saturated heterocycles. The van der Waals surface area contributed by atoms with Gasteiger partial charge in [-0.25, -0.2) is 0 Å². The van der Waals surface area contributed by atoms with E-state index < -0.39 is 0 Å². The molecule has 0 aliphatic carbocycles. The van der Waals surface area contributed by atoms with Crippen molar-refractivity contribution in [1.82, 2.24) is 0 Å². The molecule has 0 amide bonds. The molecule has 1 heteroatoms. The zero-order valence-corrected chi connectivity index (χ0v) is 13.4. The summed E-state index contributed by atoms with van der Waals surface area (Å²) in [4.78, 5) is 0. The molecular formula is C20H29N. The van der Waals surface area contributed by atoms with Crippen LogP contribution in [0.1, 0.15) is 63.9 Å². The number of benzene rings is 2. The van der Waals surface area contributed by atoms with Gasteiger partial charge in [0.15, 0.2) is 0 Å². The van der Waals surface area contributed by atoms with Crippen molar-refractivity contribution in [1.29, 1.82) is 0 Å². The summed E-state index contributed by atoms with van der Waals surface area (Å²) >= 11 is 0. The van der Waals surface area contributed by atoms with Gasteiger partial charge in [0.05, 0.1) is 0 Å². The number of hydrogen-bond acceptors (Lipinski definition) is 1. The molecule has 2 N–H and O–H groups in total. The minimum absolute atomic E-state index is 0.894. The number of aryl methyl sites for hydroxylation is 1. The van der Waals surface area contributed by atoms with Crippen molar-refractivity contribution in [2.24, 2.45) is 0 Å². The fourth-order valence-electron chi connectivity index (χ4n) is 3.07. The lowest BCUT2D eigenvalue weighted by Gasteiger charge is -2.08. The number of nitrogens with two attached hydrogens (primary N) is 1. The lowest BCUT2D eigenvalue weighted by molar-refractivity contribution is 0.576. The maximum Gasteiger partial charge on any atom is 0.0393 e. The van der Waals surface area contributed by atoms with E-state index in [-0.39, 0.29) is 0 Å². The van der Waals surface area contributed by atoms with Crippen molar-refractivity contribution < 1.29 is 0 Å². The van der Waals surface area contributed by atoms with E-state index in [0.717, 1.165) is 5.69 Å². The van der Waals surface area contributed by atoms with Crippen molar-refractivity contribution in [3.05, 3.63) is 42.0 Å². The molecule has 0 aliphatic heterocycles. The zero-order valence-electron chi connectivity index (χ0n) is 13.4. The maximum absolute atomic E-state index is 6.06. The van der Waals surface area contributed by atoms with Gasteiger partial charge < -0.3 is 5.73 Å². The predicted octanol–water partition coefficient (Wildman–Crippen LogP) is 6.11. The fourth-order valence-corrected chi connectivity index (χ4v) is 3.07. The number of anilines is 1. The van der Waals surface area contributed by atoms with Crippen LogP contribution in [0, 0.1) is 0 Å². The monoisotopic (exact) mass is 283 g/mol. The second-order valence-electron chi connectivity index (χ2n) is 6.08. The Bertz CT molecular complexity index is 545. The fraction of sp³-hybridized carbons (Fsp3) is 0.500. The van der Waals surface area contributed by atoms with E-state index in [4.69, 9.17) is 5.73 Å². The van der Waals surface area contributed by atoms with Crippen LogP contribution >= 0.6 is 0 Å². The van der Waals surface area contributed by atoms with Gasteiger partial charge in [0.2, 0.25) is 0 Å². The summed E-state index contributed by atoms with van der Waals surface area (Å²) in [6, 6.07) is 12.8. The van der Waals surface area contributed by atoms with Crippen molar-refractivity contribution in [3.63, 3.8) is 0 Å². The van der Waals surface area contributed by atoms with Gasteiger partial charge in [-0.05, 0) is 29.9 Å². The molecule has 0 aliphatic rings. The number of hydrogen-bond donors (Lipinski definition) is 1. The first-order chi connectivity index (χ1) is 10.3. The van der Waals surface area contributed by atoms with Gasteiger partial charge in [-0.3, -0.25) is 0 Å². The van der Waals surface area contributed by atoms with Crippen LogP contribution in [0.5, 0.6) is 0 Å². The smallest absolute Gasteiger partial charge is 0.0393 e. The predicted molar refractivity (Wildman–Crippen MR) is 94.7 cm³/mol. The Hall–Kier alpha value is -1.50. The molecule has 0 aromatic heterocycles. The van der Waals surface area contributed by atoms with Crippen LogP contribution in [-0.4, -0.2) is 0 Å². The lowest BCUT2D eigenvalue weighted by Crippen LogP contribution is -1.91. The maximum atomic E-state index is 6.06. The summed E-state index contributed by atoms with van der Waals surface area (Å²) in [6.45, 7) is 2.27. The van der Waals surface area contributed by atoms with E-state index in [2.05, 4.69) is 37.3 Å². The third-order valence-electron chi connectivity index (χ3n) is 4.35. The minimum Gasteiger partial charge on any atom is -0.398 e. The molecule has 0 atom stereocenters. The Morgan fingerprint density at radius 1 is 0.714 bits per heavy atom. The first-order valence-corrected chi connectivity index (χ1v) is 8.59. The van der Waals surface area contributed by atoms with Crippen molar-refractivity contribution in [2.75, 3.05) is 5.73 Å². The Balaban J connectivity index is 1.78. The Morgan fingerprint density at radius 2 is 1.33 bits per heavy atom. The van der Waals surface area contributed by atoms with Crippen molar-refractivity contribution in [3.8, 4) is 0 Å². The molecule has 2 aromatic carbocycles. The molecule has 0 spiro atoms. The van der Waals surface area contributed by atoms with Crippen LogP contribution in [0.15, 0.2) is 36.4 Å². The summed E-state index contributed by atoms with van der Waals surface area (Å²) < 4.78 is 0. The average molecular weight is 283 g/mol. The summed E-state index contributed by atoms with van der Waals surface area (Å²) in [5.41, 5.74) is 8.40. The van der Waals surface area contributed by atoms with Gasteiger partial charge in [-0.1, -0.05) is 82.2 Å². The topological polar surface area (TPSA) is 26.0 Å². The van der Waals surface area contributed by atoms with E-state index in [0.29, 0.717) is 0 Å².